The molecule has 0 amide bonds. The molecule has 0 aliphatic rings. The summed E-state index contributed by atoms with van der Waals surface area (Å²) in [6, 6.07) is 0. The lowest BCUT2D eigenvalue weighted by atomic mass is 10.2. The zero-order valence-electron chi connectivity index (χ0n) is 11.0. The summed E-state index contributed by atoms with van der Waals surface area (Å²) < 4.78 is 44.3. The molecule has 0 bridgehead atoms. The van der Waals surface area contributed by atoms with Gasteiger partial charge in [-0.3, -0.25) is 0 Å². The van der Waals surface area contributed by atoms with Crippen LogP contribution in [0.15, 0.2) is 5.38 Å². The van der Waals surface area contributed by atoms with Crippen molar-refractivity contribution in [3.05, 3.63) is 10.4 Å². The van der Waals surface area contributed by atoms with Gasteiger partial charge in [-0.05, 0) is 18.5 Å². The van der Waals surface area contributed by atoms with Crippen LogP contribution < -0.4 is 11.1 Å². The highest BCUT2D eigenvalue weighted by molar-refractivity contribution is 7.11. The van der Waals surface area contributed by atoms with Crippen LogP contribution in [-0.2, 0) is 4.74 Å². The van der Waals surface area contributed by atoms with Crippen LogP contribution in [0.5, 0.6) is 0 Å². The fourth-order valence-corrected chi connectivity index (χ4v) is 2.93. The molecule has 0 saturated carbocycles. The maximum absolute atomic E-state index is 11.9. The lowest BCUT2D eigenvalue weighted by molar-refractivity contribution is -0.172. The minimum Gasteiger partial charge on any atom is -0.382 e. The van der Waals surface area contributed by atoms with E-state index in [0.717, 1.165) is 16.5 Å². The number of hydrogen-bond donors (Lipinski definition) is 2. The Balaban J connectivity index is 1.93. The molecule has 0 fully saturated rings. The second-order valence-corrected chi connectivity index (χ2v) is 5.95. The molecule has 2 heterocycles. The summed E-state index contributed by atoms with van der Waals surface area (Å²) in [6.07, 6.45) is -4.31. The number of alkyl halides is 3. The Bertz CT molecular complexity index is 597. The Morgan fingerprint density at radius 1 is 1.43 bits per heavy atom. The number of rotatable bonds is 6. The number of ether oxygens (including phenoxy) is 1. The fraction of sp³-hybridized carbons (Fsp3) is 0.455. The highest BCUT2D eigenvalue weighted by Gasteiger charge is 2.27. The van der Waals surface area contributed by atoms with Gasteiger partial charge in [0.25, 0.3) is 0 Å². The second-order valence-electron chi connectivity index (χ2n) is 4.12. The van der Waals surface area contributed by atoms with Gasteiger partial charge in [-0.15, -0.1) is 11.3 Å². The minimum absolute atomic E-state index is 0.0627. The molecule has 0 aromatic carbocycles. The Kier molecular flexibility index (Phi) is 5.01. The molecule has 21 heavy (non-hydrogen) atoms. The third-order valence-electron chi connectivity index (χ3n) is 2.39. The summed E-state index contributed by atoms with van der Waals surface area (Å²) in [4.78, 5) is 4.34. The third kappa shape index (κ3) is 4.55. The van der Waals surface area contributed by atoms with Gasteiger partial charge in [0.2, 0.25) is 0 Å². The van der Waals surface area contributed by atoms with Gasteiger partial charge in [-0.2, -0.15) is 17.5 Å². The molecule has 0 aliphatic heterocycles. The molecule has 2 aromatic heterocycles. The number of hydrogen-bond acceptors (Lipinski definition) is 7. The lowest BCUT2D eigenvalue weighted by Crippen LogP contribution is -2.20. The van der Waals surface area contributed by atoms with Crippen molar-refractivity contribution in [3.63, 3.8) is 0 Å². The van der Waals surface area contributed by atoms with E-state index < -0.39 is 12.8 Å². The van der Waals surface area contributed by atoms with E-state index in [0.29, 0.717) is 22.1 Å². The van der Waals surface area contributed by atoms with Gasteiger partial charge in [0.05, 0.1) is 22.9 Å². The third-order valence-corrected chi connectivity index (χ3v) is 3.98. The molecular weight excluding hydrogens is 325 g/mol. The van der Waals surface area contributed by atoms with E-state index in [2.05, 4.69) is 19.4 Å². The number of aryl methyl sites for hydroxylation is 1. The van der Waals surface area contributed by atoms with Crippen molar-refractivity contribution in [3.8, 4) is 11.3 Å². The van der Waals surface area contributed by atoms with E-state index in [1.165, 1.54) is 11.3 Å². The number of thiazole rings is 1. The van der Waals surface area contributed by atoms with E-state index in [1.54, 1.807) is 0 Å². The maximum Gasteiger partial charge on any atom is 0.411 e. The zero-order chi connectivity index (χ0) is 15.5. The quantitative estimate of drug-likeness (QED) is 0.792. The van der Waals surface area contributed by atoms with Gasteiger partial charge in [-0.1, -0.05) is 0 Å². The molecule has 0 unspecified atom stereocenters. The Morgan fingerprint density at radius 3 is 2.81 bits per heavy atom. The highest BCUT2D eigenvalue weighted by Crippen LogP contribution is 2.36. The summed E-state index contributed by atoms with van der Waals surface area (Å²) in [6.45, 7) is 0.792. The molecule has 0 saturated heterocycles. The topological polar surface area (TPSA) is 73.1 Å². The van der Waals surface area contributed by atoms with Crippen LogP contribution in [0.2, 0.25) is 0 Å². The van der Waals surface area contributed by atoms with Gasteiger partial charge in [-0.25, -0.2) is 4.98 Å². The van der Waals surface area contributed by atoms with Crippen LogP contribution in [0.3, 0.4) is 0 Å². The first-order chi connectivity index (χ1) is 9.87. The van der Waals surface area contributed by atoms with Crippen molar-refractivity contribution < 1.29 is 17.9 Å². The molecule has 0 atom stereocenters. The van der Waals surface area contributed by atoms with E-state index in [-0.39, 0.29) is 13.2 Å². The van der Waals surface area contributed by atoms with Crippen LogP contribution in [0, 0.1) is 6.92 Å². The first-order valence-electron chi connectivity index (χ1n) is 5.93. The number of nitrogens with one attached hydrogen (secondary N) is 1. The van der Waals surface area contributed by atoms with Gasteiger partial charge in [0, 0.05) is 11.9 Å². The molecule has 5 nitrogen and oxygen atoms in total. The van der Waals surface area contributed by atoms with Crippen molar-refractivity contribution in [2.45, 2.75) is 13.1 Å². The van der Waals surface area contributed by atoms with Gasteiger partial charge in [0.1, 0.15) is 17.4 Å². The number of nitrogens with zero attached hydrogens (tertiary/aromatic N) is 2. The molecule has 116 valence electrons. The Morgan fingerprint density at radius 2 is 2.19 bits per heavy atom. The monoisotopic (exact) mass is 338 g/mol. The molecule has 0 spiro atoms. The standard InChI is InChI=1S/C11H13F3N4OS2/c1-6-17-7(4-20-6)8-9(15)18-21-10(8)16-2-3-19-5-11(12,13)14/h4,16H,2-3,5H2,1H3,(H2,15,18). The predicted octanol–water partition coefficient (Wildman–Crippen LogP) is 3.15. The average Bonchev–Trinajstić information content (AvgIpc) is 2.94. The SMILES string of the molecule is Cc1nc(-c2c(N)nsc2NCCOCC(F)(F)F)cs1. The lowest BCUT2D eigenvalue weighted by Gasteiger charge is -2.08. The van der Waals surface area contributed by atoms with Crippen molar-refractivity contribution >= 4 is 33.7 Å². The van der Waals surface area contributed by atoms with E-state index >= 15 is 0 Å². The average molecular weight is 338 g/mol. The summed E-state index contributed by atoms with van der Waals surface area (Å²) in [5.74, 6) is 0.351. The van der Waals surface area contributed by atoms with E-state index in [1.807, 2.05) is 12.3 Å². The fourth-order valence-electron chi connectivity index (χ4n) is 1.57. The van der Waals surface area contributed by atoms with Crippen molar-refractivity contribution in [2.75, 3.05) is 30.8 Å². The molecule has 2 aromatic rings. The molecule has 2 rings (SSSR count). The van der Waals surface area contributed by atoms with Gasteiger partial charge >= 0.3 is 6.18 Å². The normalized spacial score (nSPS) is 11.8. The van der Waals surface area contributed by atoms with Crippen LogP contribution >= 0.6 is 22.9 Å². The largest absolute Gasteiger partial charge is 0.411 e. The van der Waals surface area contributed by atoms with Crippen LogP contribution in [0.25, 0.3) is 11.3 Å². The number of aromatic nitrogens is 2. The second kappa shape index (κ2) is 6.58. The number of halogens is 3. The summed E-state index contributed by atoms with van der Waals surface area (Å²) in [7, 11) is 0. The number of nitrogen functional groups attached to an aromatic ring is 1. The maximum atomic E-state index is 11.9. The Hall–Kier alpha value is -1.39. The summed E-state index contributed by atoms with van der Waals surface area (Å²) >= 11 is 2.63. The molecule has 0 aliphatic carbocycles. The first-order valence-corrected chi connectivity index (χ1v) is 7.58. The Labute approximate surface area is 127 Å². The smallest absolute Gasteiger partial charge is 0.382 e. The minimum atomic E-state index is -4.31. The van der Waals surface area contributed by atoms with Crippen LogP contribution in [0.4, 0.5) is 24.0 Å². The molecular formula is C11H13F3N4OS2. The van der Waals surface area contributed by atoms with Gasteiger partial charge in [0.15, 0.2) is 0 Å². The predicted molar refractivity (Wildman–Crippen MR) is 77.7 cm³/mol. The summed E-state index contributed by atoms with van der Waals surface area (Å²) in [5, 5.41) is 6.41. The molecule has 0 radical (unpaired) electrons. The summed E-state index contributed by atoms with van der Waals surface area (Å²) in [5.41, 5.74) is 7.21. The highest BCUT2D eigenvalue weighted by atomic mass is 32.1. The van der Waals surface area contributed by atoms with Crippen molar-refractivity contribution in [1.82, 2.24) is 9.36 Å². The van der Waals surface area contributed by atoms with Crippen molar-refractivity contribution in [2.24, 2.45) is 0 Å². The van der Waals surface area contributed by atoms with Crippen LogP contribution in [0.1, 0.15) is 5.01 Å². The zero-order valence-corrected chi connectivity index (χ0v) is 12.7. The van der Waals surface area contributed by atoms with Gasteiger partial charge < -0.3 is 15.8 Å². The first kappa shape index (κ1) is 16.0. The van der Waals surface area contributed by atoms with Crippen molar-refractivity contribution in [1.29, 1.82) is 0 Å². The number of anilines is 2. The van der Waals surface area contributed by atoms with E-state index in [4.69, 9.17) is 5.73 Å². The molecule has 10 heteroatoms. The number of nitrogens with two attached hydrogens (primary N) is 1. The molecule has 3 N–H and O–H groups in total. The van der Waals surface area contributed by atoms with Crippen LogP contribution in [-0.4, -0.2) is 35.3 Å². The van der Waals surface area contributed by atoms with E-state index in [9.17, 15) is 13.2 Å².